The highest BCUT2D eigenvalue weighted by Gasteiger charge is 2.24. The monoisotopic (exact) mass is 350 g/mol. The lowest BCUT2D eigenvalue weighted by molar-refractivity contribution is 0.202. The fourth-order valence-electron chi connectivity index (χ4n) is 3.81. The average Bonchev–Trinajstić information content (AvgIpc) is 3.11. The van der Waals surface area contributed by atoms with E-state index in [-0.39, 0.29) is 0 Å². The van der Waals surface area contributed by atoms with E-state index >= 15 is 0 Å². The van der Waals surface area contributed by atoms with E-state index in [9.17, 15) is 4.39 Å². The molecule has 1 fully saturated rings. The van der Waals surface area contributed by atoms with E-state index in [1.54, 1.807) is 0 Å². The first-order valence-corrected chi connectivity index (χ1v) is 9.17. The Bertz CT molecular complexity index is 838. The molecule has 0 bridgehead atoms. The number of H-pyrrole nitrogens is 1. The van der Waals surface area contributed by atoms with Gasteiger partial charge in [-0.15, -0.1) is 0 Å². The molecule has 1 saturated heterocycles. The highest BCUT2D eigenvalue weighted by atomic mass is 19.1. The molecule has 1 aromatic carbocycles. The number of rotatable bonds is 5. The second-order valence-electron chi connectivity index (χ2n) is 7.01. The predicted octanol–water partition coefficient (Wildman–Crippen LogP) is 3.91. The zero-order valence-corrected chi connectivity index (χ0v) is 14.7. The van der Waals surface area contributed by atoms with E-state index in [1.165, 1.54) is 29.1 Å². The van der Waals surface area contributed by atoms with Crippen LogP contribution in [-0.2, 0) is 13.0 Å². The minimum atomic E-state index is -0.402. The normalized spacial score (nSPS) is 16.0. The van der Waals surface area contributed by atoms with Gasteiger partial charge in [-0.25, -0.2) is 4.98 Å². The summed E-state index contributed by atoms with van der Waals surface area (Å²) < 4.78 is 13.3. The maximum atomic E-state index is 13.3. The van der Waals surface area contributed by atoms with Crippen LogP contribution in [0.5, 0.6) is 0 Å². The van der Waals surface area contributed by atoms with E-state index in [4.69, 9.17) is 0 Å². The molecule has 1 aliphatic rings. The van der Waals surface area contributed by atoms with Crippen LogP contribution in [-0.4, -0.2) is 33.2 Å². The molecule has 0 spiro atoms. The Morgan fingerprint density at radius 1 is 1.08 bits per heavy atom. The Morgan fingerprint density at radius 3 is 2.65 bits per heavy atom. The lowest BCUT2D eigenvalue weighted by Crippen LogP contribution is -2.32. The molecule has 0 amide bonds. The Kier molecular flexibility index (Phi) is 5.07. The number of likely N-dealkylation sites (tertiary alicyclic amines) is 1. The van der Waals surface area contributed by atoms with Gasteiger partial charge in [-0.3, -0.25) is 10.00 Å². The number of hydrogen-bond acceptors (Lipinski definition) is 3. The number of benzene rings is 1. The van der Waals surface area contributed by atoms with Crippen molar-refractivity contribution >= 4 is 0 Å². The summed E-state index contributed by atoms with van der Waals surface area (Å²) in [4.78, 5) is 6.01. The SMILES string of the molecule is Fc1cc(CN2CCC(c3[nH]ncc3Cc3ccccc3)CC2)ccn1. The van der Waals surface area contributed by atoms with Crippen molar-refractivity contribution in [1.29, 1.82) is 0 Å². The fourth-order valence-corrected chi connectivity index (χ4v) is 3.81. The third kappa shape index (κ3) is 3.99. The van der Waals surface area contributed by atoms with Crippen molar-refractivity contribution in [1.82, 2.24) is 20.1 Å². The van der Waals surface area contributed by atoms with Gasteiger partial charge in [-0.1, -0.05) is 30.3 Å². The number of hydrogen-bond donors (Lipinski definition) is 1. The topological polar surface area (TPSA) is 44.8 Å². The number of aromatic amines is 1. The number of piperidine rings is 1. The van der Waals surface area contributed by atoms with Gasteiger partial charge in [0.25, 0.3) is 0 Å². The summed E-state index contributed by atoms with van der Waals surface area (Å²) in [5.74, 6) is 0.113. The molecular weight excluding hydrogens is 327 g/mol. The Labute approximate surface area is 153 Å². The summed E-state index contributed by atoms with van der Waals surface area (Å²) in [6, 6.07) is 13.9. The second-order valence-corrected chi connectivity index (χ2v) is 7.01. The molecule has 2 aromatic heterocycles. The summed E-state index contributed by atoms with van der Waals surface area (Å²) >= 11 is 0. The predicted molar refractivity (Wildman–Crippen MR) is 99.3 cm³/mol. The van der Waals surface area contributed by atoms with Gasteiger partial charge in [0.15, 0.2) is 0 Å². The molecular formula is C21H23FN4. The molecule has 4 nitrogen and oxygen atoms in total. The standard InChI is InChI=1S/C21H23FN4/c22-20-13-17(6-9-23-20)15-26-10-7-18(8-11-26)21-19(14-24-25-21)12-16-4-2-1-3-5-16/h1-6,9,13-14,18H,7-8,10-12,15H2,(H,24,25). The van der Waals surface area contributed by atoms with E-state index in [1.807, 2.05) is 18.3 Å². The third-order valence-corrected chi connectivity index (χ3v) is 5.18. The van der Waals surface area contributed by atoms with Gasteiger partial charge >= 0.3 is 0 Å². The number of nitrogens with zero attached hydrogens (tertiary/aromatic N) is 3. The minimum Gasteiger partial charge on any atom is -0.299 e. The molecule has 134 valence electrons. The van der Waals surface area contributed by atoms with Crippen molar-refractivity contribution in [3.8, 4) is 0 Å². The number of pyridine rings is 1. The second kappa shape index (κ2) is 7.79. The maximum absolute atomic E-state index is 13.3. The van der Waals surface area contributed by atoms with Crippen LogP contribution < -0.4 is 0 Å². The molecule has 26 heavy (non-hydrogen) atoms. The molecule has 1 N–H and O–H groups in total. The van der Waals surface area contributed by atoms with Gasteiger partial charge in [-0.05, 0) is 54.8 Å². The van der Waals surface area contributed by atoms with Crippen LogP contribution in [0, 0.1) is 5.95 Å². The van der Waals surface area contributed by atoms with Gasteiger partial charge in [0, 0.05) is 30.8 Å². The largest absolute Gasteiger partial charge is 0.299 e. The maximum Gasteiger partial charge on any atom is 0.213 e. The molecule has 0 radical (unpaired) electrons. The molecule has 3 heterocycles. The van der Waals surface area contributed by atoms with Crippen molar-refractivity contribution < 1.29 is 4.39 Å². The van der Waals surface area contributed by atoms with E-state index < -0.39 is 5.95 Å². The summed E-state index contributed by atoms with van der Waals surface area (Å²) in [7, 11) is 0. The van der Waals surface area contributed by atoms with Gasteiger partial charge in [0.05, 0.1) is 6.20 Å². The summed E-state index contributed by atoms with van der Waals surface area (Å²) in [6.45, 7) is 2.81. The van der Waals surface area contributed by atoms with Gasteiger partial charge in [0.1, 0.15) is 0 Å². The van der Waals surface area contributed by atoms with Gasteiger partial charge < -0.3 is 0 Å². The number of nitrogens with one attached hydrogen (secondary N) is 1. The minimum absolute atomic E-state index is 0.402. The van der Waals surface area contributed by atoms with Crippen LogP contribution in [0.2, 0.25) is 0 Å². The highest BCUT2D eigenvalue weighted by Crippen LogP contribution is 2.30. The smallest absolute Gasteiger partial charge is 0.213 e. The molecule has 0 atom stereocenters. The van der Waals surface area contributed by atoms with Crippen LogP contribution in [0.1, 0.15) is 41.1 Å². The Hall–Kier alpha value is -2.53. The molecule has 0 saturated carbocycles. The molecule has 0 aliphatic carbocycles. The highest BCUT2D eigenvalue weighted by molar-refractivity contribution is 5.29. The zero-order chi connectivity index (χ0) is 17.8. The number of halogens is 1. The first-order valence-electron chi connectivity index (χ1n) is 9.17. The first-order chi connectivity index (χ1) is 12.8. The zero-order valence-electron chi connectivity index (χ0n) is 14.7. The third-order valence-electron chi connectivity index (χ3n) is 5.18. The lowest BCUT2D eigenvalue weighted by atomic mass is 9.89. The van der Waals surface area contributed by atoms with E-state index in [2.05, 4.69) is 44.3 Å². The molecule has 4 rings (SSSR count). The number of aromatic nitrogens is 3. The summed E-state index contributed by atoms with van der Waals surface area (Å²) in [5.41, 5.74) is 4.88. The van der Waals surface area contributed by atoms with Crippen molar-refractivity contribution in [2.75, 3.05) is 13.1 Å². The van der Waals surface area contributed by atoms with Crippen molar-refractivity contribution in [3.63, 3.8) is 0 Å². The van der Waals surface area contributed by atoms with Crippen LogP contribution in [0.3, 0.4) is 0 Å². The van der Waals surface area contributed by atoms with E-state index in [0.717, 1.165) is 44.5 Å². The van der Waals surface area contributed by atoms with E-state index in [0.29, 0.717) is 5.92 Å². The molecule has 5 heteroatoms. The lowest BCUT2D eigenvalue weighted by Gasteiger charge is -2.32. The van der Waals surface area contributed by atoms with Crippen molar-refractivity contribution in [2.24, 2.45) is 0 Å². The average molecular weight is 350 g/mol. The Morgan fingerprint density at radius 2 is 1.88 bits per heavy atom. The van der Waals surface area contributed by atoms with Crippen molar-refractivity contribution in [2.45, 2.75) is 31.7 Å². The molecule has 1 aliphatic heterocycles. The summed E-state index contributed by atoms with van der Waals surface area (Å²) in [6.07, 6.45) is 6.62. The van der Waals surface area contributed by atoms with Crippen LogP contribution in [0.25, 0.3) is 0 Å². The fraction of sp³-hybridized carbons (Fsp3) is 0.333. The Balaban J connectivity index is 1.37. The first kappa shape index (κ1) is 16.9. The summed E-state index contributed by atoms with van der Waals surface area (Å²) in [5, 5.41) is 7.54. The quantitative estimate of drug-likeness (QED) is 0.710. The van der Waals surface area contributed by atoms with Crippen LogP contribution >= 0.6 is 0 Å². The van der Waals surface area contributed by atoms with Crippen LogP contribution in [0.4, 0.5) is 4.39 Å². The van der Waals surface area contributed by atoms with Crippen LogP contribution in [0.15, 0.2) is 54.9 Å². The van der Waals surface area contributed by atoms with Crippen molar-refractivity contribution in [3.05, 3.63) is 83.2 Å². The molecule has 3 aromatic rings. The van der Waals surface area contributed by atoms with Gasteiger partial charge in [0.2, 0.25) is 5.95 Å². The van der Waals surface area contributed by atoms with Gasteiger partial charge in [-0.2, -0.15) is 9.49 Å². The molecule has 0 unspecified atom stereocenters.